The summed E-state index contributed by atoms with van der Waals surface area (Å²) in [5, 5.41) is 12.5. The number of hydrogen-bond acceptors (Lipinski definition) is 5. The highest BCUT2D eigenvalue weighted by Gasteiger charge is 2.04. The largest absolute Gasteiger partial charge is 0.396 e. The van der Waals surface area contributed by atoms with E-state index in [1.807, 2.05) is 13.0 Å². The number of nitrogens with one attached hydrogen (secondary N) is 1. The van der Waals surface area contributed by atoms with E-state index in [4.69, 9.17) is 10.5 Å². The summed E-state index contributed by atoms with van der Waals surface area (Å²) in [6.45, 7) is 2.90. The molecule has 1 unspecified atom stereocenters. The number of methoxy groups -OCH3 is 1. The first-order valence-electron chi connectivity index (χ1n) is 5.26. The van der Waals surface area contributed by atoms with Crippen molar-refractivity contribution in [3.05, 3.63) is 17.8 Å². The maximum absolute atomic E-state index is 9.42. The lowest BCUT2D eigenvalue weighted by molar-refractivity contribution is 0.0615. The Hall–Kier alpha value is -1.33. The van der Waals surface area contributed by atoms with Crippen LogP contribution in [-0.2, 0) is 4.74 Å². The highest BCUT2D eigenvalue weighted by molar-refractivity contribution is 5.61. The zero-order valence-corrected chi connectivity index (χ0v) is 9.73. The standard InChI is InChI=1S/C11H19N3O2/c1-8-5-10(12)11(14-6-8)13-4-3-9(15)7-16-2/h5-6,9,15H,3-4,7,12H2,1-2H3,(H,13,14). The second-order valence-corrected chi connectivity index (χ2v) is 3.78. The molecule has 90 valence electrons. The van der Waals surface area contributed by atoms with Gasteiger partial charge >= 0.3 is 0 Å². The number of anilines is 2. The van der Waals surface area contributed by atoms with E-state index >= 15 is 0 Å². The summed E-state index contributed by atoms with van der Waals surface area (Å²) in [5.41, 5.74) is 7.44. The highest BCUT2D eigenvalue weighted by Crippen LogP contribution is 2.15. The van der Waals surface area contributed by atoms with Crippen LogP contribution >= 0.6 is 0 Å². The number of nitrogens with two attached hydrogens (primary N) is 1. The third-order valence-electron chi connectivity index (χ3n) is 2.18. The molecule has 0 fully saturated rings. The van der Waals surface area contributed by atoms with E-state index in [0.29, 0.717) is 31.1 Å². The average Bonchev–Trinajstić information content (AvgIpc) is 2.22. The Morgan fingerprint density at radius 2 is 2.38 bits per heavy atom. The smallest absolute Gasteiger partial charge is 0.149 e. The maximum atomic E-state index is 9.42. The summed E-state index contributed by atoms with van der Waals surface area (Å²) in [6.07, 6.45) is 1.90. The molecule has 0 saturated carbocycles. The molecule has 0 bridgehead atoms. The van der Waals surface area contributed by atoms with Gasteiger partial charge in [0.1, 0.15) is 5.82 Å². The van der Waals surface area contributed by atoms with E-state index in [1.165, 1.54) is 0 Å². The van der Waals surface area contributed by atoms with Crippen LogP contribution in [0.5, 0.6) is 0 Å². The van der Waals surface area contributed by atoms with Crippen LogP contribution in [-0.4, -0.2) is 36.5 Å². The number of ether oxygens (including phenoxy) is 1. The zero-order valence-electron chi connectivity index (χ0n) is 9.73. The van der Waals surface area contributed by atoms with Crippen LogP contribution in [0.4, 0.5) is 11.5 Å². The maximum Gasteiger partial charge on any atom is 0.149 e. The van der Waals surface area contributed by atoms with Crippen molar-refractivity contribution in [1.29, 1.82) is 0 Å². The number of aryl methyl sites for hydroxylation is 1. The third-order valence-corrected chi connectivity index (χ3v) is 2.18. The van der Waals surface area contributed by atoms with Crippen LogP contribution in [0.15, 0.2) is 12.3 Å². The molecule has 0 aromatic carbocycles. The first kappa shape index (κ1) is 12.7. The molecule has 1 aromatic rings. The van der Waals surface area contributed by atoms with E-state index in [-0.39, 0.29) is 0 Å². The van der Waals surface area contributed by atoms with Gasteiger partial charge < -0.3 is 20.9 Å². The summed E-state index contributed by atoms with van der Waals surface area (Å²) in [6, 6.07) is 1.86. The molecule has 0 spiro atoms. The number of aromatic nitrogens is 1. The summed E-state index contributed by atoms with van der Waals surface area (Å²) >= 11 is 0. The van der Waals surface area contributed by atoms with E-state index in [1.54, 1.807) is 13.3 Å². The van der Waals surface area contributed by atoms with Crippen molar-refractivity contribution in [1.82, 2.24) is 4.98 Å². The van der Waals surface area contributed by atoms with Crippen LogP contribution in [0.2, 0.25) is 0 Å². The molecule has 0 amide bonds. The summed E-state index contributed by atoms with van der Waals surface area (Å²) in [4.78, 5) is 4.17. The van der Waals surface area contributed by atoms with Gasteiger partial charge in [-0.2, -0.15) is 0 Å². The highest BCUT2D eigenvalue weighted by atomic mass is 16.5. The van der Waals surface area contributed by atoms with Crippen molar-refractivity contribution < 1.29 is 9.84 Å². The van der Waals surface area contributed by atoms with Crippen molar-refractivity contribution in [2.24, 2.45) is 0 Å². The lowest BCUT2D eigenvalue weighted by atomic mass is 10.2. The Morgan fingerprint density at radius 3 is 3.00 bits per heavy atom. The van der Waals surface area contributed by atoms with Gasteiger partial charge in [-0.15, -0.1) is 0 Å². The van der Waals surface area contributed by atoms with Gasteiger partial charge in [-0.25, -0.2) is 4.98 Å². The molecular formula is C11H19N3O2. The molecule has 0 saturated heterocycles. The number of nitrogens with zero attached hydrogens (tertiary/aromatic N) is 1. The molecule has 0 radical (unpaired) electrons. The number of rotatable bonds is 6. The molecule has 5 nitrogen and oxygen atoms in total. The van der Waals surface area contributed by atoms with Gasteiger partial charge in [-0.1, -0.05) is 0 Å². The number of pyridine rings is 1. The second kappa shape index (κ2) is 6.30. The summed E-state index contributed by atoms with van der Waals surface area (Å²) in [5.74, 6) is 0.662. The first-order chi connectivity index (χ1) is 7.63. The fourth-order valence-corrected chi connectivity index (χ4v) is 1.37. The normalized spacial score (nSPS) is 12.4. The summed E-state index contributed by atoms with van der Waals surface area (Å²) < 4.78 is 4.83. The van der Waals surface area contributed by atoms with Gasteiger partial charge in [0, 0.05) is 19.9 Å². The molecule has 0 aliphatic heterocycles. The topological polar surface area (TPSA) is 80.4 Å². The van der Waals surface area contributed by atoms with E-state index in [2.05, 4.69) is 10.3 Å². The Balaban J connectivity index is 2.37. The predicted molar refractivity (Wildman–Crippen MR) is 64.4 cm³/mol. The van der Waals surface area contributed by atoms with Crippen molar-refractivity contribution in [2.45, 2.75) is 19.4 Å². The lowest BCUT2D eigenvalue weighted by Gasteiger charge is -2.11. The molecular weight excluding hydrogens is 206 g/mol. The van der Waals surface area contributed by atoms with Crippen molar-refractivity contribution in [3.8, 4) is 0 Å². The number of aliphatic hydroxyl groups excluding tert-OH is 1. The van der Waals surface area contributed by atoms with Gasteiger partial charge in [0.15, 0.2) is 0 Å². The fraction of sp³-hybridized carbons (Fsp3) is 0.545. The number of aliphatic hydroxyl groups is 1. The van der Waals surface area contributed by atoms with E-state index < -0.39 is 6.10 Å². The summed E-state index contributed by atoms with van der Waals surface area (Å²) in [7, 11) is 1.57. The minimum atomic E-state index is -0.454. The number of hydrogen-bond donors (Lipinski definition) is 3. The van der Waals surface area contributed by atoms with Gasteiger partial charge in [0.05, 0.1) is 18.4 Å². The Labute approximate surface area is 95.6 Å². The fourth-order valence-electron chi connectivity index (χ4n) is 1.37. The van der Waals surface area contributed by atoms with Crippen molar-refractivity contribution in [2.75, 3.05) is 31.3 Å². The van der Waals surface area contributed by atoms with Crippen LogP contribution in [0.3, 0.4) is 0 Å². The molecule has 1 aromatic heterocycles. The quantitative estimate of drug-likeness (QED) is 0.666. The van der Waals surface area contributed by atoms with Crippen LogP contribution < -0.4 is 11.1 Å². The first-order valence-corrected chi connectivity index (χ1v) is 5.26. The molecule has 4 N–H and O–H groups in total. The minimum Gasteiger partial charge on any atom is -0.396 e. The van der Waals surface area contributed by atoms with Gasteiger partial charge in [-0.05, 0) is 25.0 Å². The molecule has 5 heteroatoms. The van der Waals surface area contributed by atoms with E-state index in [0.717, 1.165) is 5.56 Å². The Morgan fingerprint density at radius 1 is 1.62 bits per heavy atom. The van der Waals surface area contributed by atoms with Gasteiger partial charge in [-0.3, -0.25) is 0 Å². The minimum absolute atomic E-state index is 0.346. The monoisotopic (exact) mass is 225 g/mol. The molecule has 0 aliphatic rings. The van der Waals surface area contributed by atoms with Gasteiger partial charge in [0.2, 0.25) is 0 Å². The molecule has 1 heterocycles. The predicted octanol–water partition coefficient (Wildman–Crippen LogP) is 0.782. The van der Waals surface area contributed by atoms with Crippen molar-refractivity contribution >= 4 is 11.5 Å². The van der Waals surface area contributed by atoms with Crippen molar-refractivity contribution in [3.63, 3.8) is 0 Å². The second-order valence-electron chi connectivity index (χ2n) is 3.78. The molecule has 16 heavy (non-hydrogen) atoms. The van der Waals surface area contributed by atoms with Crippen LogP contribution in [0, 0.1) is 6.92 Å². The van der Waals surface area contributed by atoms with Gasteiger partial charge in [0.25, 0.3) is 0 Å². The Bertz CT molecular complexity index is 331. The number of nitrogen functional groups attached to an aromatic ring is 1. The third kappa shape index (κ3) is 4.04. The average molecular weight is 225 g/mol. The van der Waals surface area contributed by atoms with Crippen LogP contribution in [0.1, 0.15) is 12.0 Å². The van der Waals surface area contributed by atoms with E-state index in [9.17, 15) is 5.11 Å². The zero-order chi connectivity index (χ0) is 12.0. The molecule has 0 aliphatic carbocycles. The Kier molecular flexibility index (Phi) is 5.01. The lowest BCUT2D eigenvalue weighted by Crippen LogP contribution is -2.19. The van der Waals surface area contributed by atoms with Crippen LogP contribution in [0.25, 0.3) is 0 Å². The SMILES string of the molecule is COCC(O)CCNc1ncc(C)cc1N. The molecule has 1 rings (SSSR count). The molecule has 1 atom stereocenters.